The molecule has 1 aromatic rings. The lowest BCUT2D eigenvalue weighted by molar-refractivity contribution is 0.0941. The largest absolute Gasteiger partial charge is 0.489 e. The van der Waals surface area contributed by atoms with Gasteiger partial charge in [0.25, 0.3) is 0 Å². The number of hydrogen-bond acceptors (Lipinski definition) is 3. The third kappa shape index (κ3) is 1.67. The monoisotopic (exact) mass is 242 g/mol. The van der Waals surface area contributed by atoms with Crippen molar-refractivity contribution in [3.63, 3.8) is 0 Å². The molecule has 0 atom stereocenters. The van der Waals surface area contributed by atoms with Crippen LogP contribution < -0.4 is 0 Å². The molecule has 0 fully saturated rings. The molecule has 68 valence electrons. The minimum absolute atomic E-state index is 0.119. The quantitative estimate of drug-likeness (QED) is 0.749. The second kappa shape index (κ2) is 3.38. The van der Waals surface area contributed by atoms with Crippen molar-refractivity contribution in [1.82, 2.24) is 0 Å². The first kappa shape index (κ1) is 8.56. The molecular formula is C9H7BrO3. The molecule has 0 saturated heterocycles. The van der Waals surface area contributed by atoms with E-state index in [2.05, 4.69) is 15.9 Å². The maximum Gasteiger partial charge on any atom is 0.230 e. The maximum absolute atomic E-state index is 11.6. The zero-order chi connectivity index (χ0) is 9.26. The van der Waals surface area contributed by atoms with E-state index < -0.39 is 0 Å². The zero-order valence-electron chi connectivity index (χ0n) is 6.75. The van der Waals surface area contributed by atoms with Crippen molar-refractivity contribution in [1.29, 1.82) is 0 Å². The van der Waals surface area contributed by atoms with Crippen molar-refractivity contribution in [2.75, 3.05) is 6.61 Å². The van der Waals surface area contributed by atoms with Crippen molar-refractivity contribution in [2.24, 2.45) is 0 Å². The Morgan fingerprint density at radius 1 is 1.54 bits per heavy atom. The highest BCUT2D eigenvalue weighted by Crippen LogP contribution is 2.20. The van der Waals surface area contributed by atoms with Gasteiger partial charge in [0.1, 0.15) is 6.26 Å². The molecular weight excluding hydrogens is 236 g/mol. The predicted molar refractivity (Wildman–Crippen MR) is 49.4 cm³/mol. The van der Waals surface area contributed by atoms with Gasteiger partial charge in [-0.05, 0) is 22.0 Å². The van der Waals surface area contributed by atoms with Crippen molar-refractivity contribution < 1.29 is 13.9 Å². The predicted octanol–water partition coefficient (Wildman–Crippen LogP) is 2.53. The van der Waals surface area contributed by atoms with E-state index in [0.717, 1.165) is 6.42 Å². The first-order valence-corrected chi connectivity index (χ1v) is 4.68. The standard InChI is InChI=1S/C9H7BrO3/c10-8-4-6(5-13-8)9(11)7-2-1-3-12-7/h2,4-5H,1,3H2. The van der Waals surface area contributed by atoms with Crippen LogP contribution in [0.25, 0.3) is 0 Å². The third-order valence-electron chi connectivity index (χ3n) is 1.76. The SMILES string of the molecule is O=C(C1=CCCO1)c1coc(Br)c1. The van der Waals surface area contributed by atoms with Crippen LogP contribution in [-0.2, 0) is 4.74 Å². The number of allylic oxidation sites excluding steroid dienone is 1. The molecule has 0 unspecified atom stereocenters. The minimum atomic E-state index is -0.119. The van der Waals surface area contributed by atoms with Gasteiger partial charge < -0.3 is 9.15 Å². The summed E-state index contributed by atoms with van der Waals surface area (Å²) in [5.41, 5.74) is 0.514. The maximum atomic E-state index is 11.6. The molecule has 2 rings (SSSR count). The lowest BCUT2D eigenvalue weighted by atomic mass is 10.2. The van der Waals surface area contributed by atoms with Gasteiger partial charge in [-0.15, -0.1) is 0 Å². The van der Waals surface area contributed by atoms with Crippen LogP contribution in [0, 0.1) is 0 Å². The molecule has 1 aromatic heterocycles. The molecule has 13 heavy (non-hydrogen) atoms. The summed E-state index contributed by atoms with van der Waals surface area (Å²) >= 11 is 3.13. The van der Waals surface area contributed by atoms with Gasteiger partial charge in [0, 0.05) is 12.5 Å². The number of Topliss-reactive ketones (excluding diaryl/α,β-unsaturated/α-hetero) is 1. The Balaban J connectivity index is 2.22. The average molecular weight is 243 g/mol. The van der Waals surface area contributed by atoms with Gasteiger partial charge in [0.05, 0.1) is 12.2 Å². The van der Waals surface area contributed by atoms with Crippen molar-refractivity contribution in [3.05, 3.63) is 34.4 Å². The Morgan fingerprint density at radius 3 is 2.92 bits per heavy atom. The summed E-state index contributed by atoms with van der Waals surface area (Å²) in [7, 11) is 0. The topological polar surface area (TPSA) is 39.4 Å². The number of ether oxygens (including phenoxy) is 1. The van der Waals surface area contributed by atoms with Crippen LogP contribution in [0.15, 0.2) is 33.3 Å². The molecule has 3 nitrogen and oxygen atoms in total. The number of carbonyl (C=O) groups is 1. The Morgan fingerprint density at radius 2 is 2.38 bits per heavy atom. The van der Waals surface area contributed by atoms with E-state index >= 15 is 0 Å². The molecule has 2 heterocycles. The highest BCUT2D eigenvalue weighted by atomic mass is 79.9. The number of hydrogen-bond donors (Lipinski definition) is 0. The van der Waals surface area contributed by atoms with E-state index in [9.17, 15) is 4.79 Å². The molecule has 0 amide bonds. The Hall–Kier alpha value is -1.03. The number of furan rings is 1. The summed E-state index contributed by atoms with van der Waals surface area (Å²) in [6, 6.07) is 1.63. The van der Waals surface area contributed by atoms with Gasteiger partial charge in [-0.2, -0.15) is 0 Å². The molecule has 0 bridgehead atoms. The van der Waals surface area contributed by atoms with Crippen LogP contribution in [0.4, 0.5) is 0 Å². The van der Waals surface area contributed by atoms with Crippen molar-refractivity contribution in [2.45, 2.75) is 6.42 Å². The highest BCUT2D eigenvalue weighted by molar-refractivity contribution is 9.10. The van der Waals surface area contributed by atoms with Crippen LogP contribution in [0.1, 0.15) is 16.8 Å². The molecule has 0 N–H and O–H groups in total. The molecule has 1 aliphatic rings. The summed E-state index contributed by atoms with van der Waals surface area (Å²) in [5, 5.41) is 0. The van der Waals surface area contributed by atoms with Crippen molar-refractivity contribution in [3.8, 4) is 0 Å². The Bertz CT molecular complexity index is 365. The van der Waals surface area contributed by atoms with E-state index in [-0.39, 0.29) is 5.78 Å². The Labute approximate surface area is 83.5 Å². The van der Waals surface area contributed by atoms with Gasteiger partial charge in [0.15, 0.2) is 10.4 Å². The van der Waals surface area contributed by atoms with Gasteiger partial charge in [-0.25, -0.2) is 0 Å². The highest BCUT2D eigenvalue weighted by Gasteiger charge is 2.18. The summed E-state index contributed by atoms with van der Waals surface area (Å²) in [4.78, 5) is 11.6. The summed E-state index contributed by atoms with van der Waals surface area (Å²) < 4.78 is 10.6. The average Bonchev–Trinajstić information content (AvgIpc) is 2.72. The van der Waals surface area contributed by atoms with Crippen molar-refractivity contribution >= 4 is 21.7 Å². The lowest BCUT2D eigenvalue weighted by Crippen LogP contribution is -2.02. The van der Waals surface area contributed by atoms with E-state index in [0.29, 0.717) is 22.6 Å². The van der Waals surface area contributed by atoms with Crippen LogP contribution in [0.3, 0.4) is 0 Å². The molecule has 1 aliphatic heterocycles. The first-order chi connectivity index (χ1) is 6.27. The lowest BCUT2D eigenvalue weighted by Gasteiger charge is -1.98. The van der Waals surface area contributed by atoms with Gasteiger partial charge >= 0.3 is 0 Å². The number of halogens is 1. The second-order valence-electron chi connectivity index (χ2n) is 2.67. The fourth-order valence-electron chi connectivity index (χ4n) is 1.15. The van der Waals surface area contributed by atoms with E-state index in [4.69, 9.17) is 9.15 Å². The molecule has 0 saturated carbocycles. The third-order valence-corrected chi connectivity index (χ3v) is 2.17. The van der Waals surface area contributed by atoms with Crippen LogP contribution in [0.2, 0.25) is 0 Å². The molecule has 0 aliphatic carbocycles. The molecule has 0 spiro atoms. The smallest absolute Gasteiger partial charge is 0.230 e. The normalized spacial score (nSPS) is 15.3. The molecule has 0 aromatic carbocycles. The summed E-state index contributed by atoms with van der Waals surface area (Å²) in [6.45, 7) is 0.597. The van der Waals surface area contributed by atoms with Crippen LogP contribution in [-0.4, -0.2) is 12.4 Å². The zero-order valence-corrected chi connectivity index (χ0v) is 8.33. The Kier molecular flexibility index (Phi) is 2.22. The fourth-order valence-corrected chi connectivity index (χ4v) is 1.49. The van der Waals surface area contributed by atoms with Crippen LogP contribution in [0.5, 0.6) is 0 Å². The van der Waals surface area contributed by atoms with Gasteiger partial charge in [-0.1, -0.05) is 0 Å². The summed E-state index contributed by atoms with van der Waals surface area (Å²) in [5.74, 6) is 0.306. The minimum Gasteiger partial charge on any atom is -0.489 e. The van der Waals surface area contributed by atoms with Gasteiger partial charge in [0.2, 0.25) is 5.78 Å². The number of rotatable bonds is 2. The van der Waals surface area contributed by atoms with Gasteiger partial charge in [-0.3, -0.25) is 4.79 Å². The first-order valence-electron chi connectivity index (χ1n) is 3.89. The van der Waals surface area contributed by atoms with Crippen LogP contribution >= 0.6 is 15.9 Å². The van der Waals surface area contributed by atoms with E-state index in [1.807, 2.05) is 0 Å². The molecule has 0 radical (unpaired) electrons. The van der Waals surface area contributed by atoms with E-state index in [1.54, 1.807) is 12.1 Å². The second-order valence-corrected chi connectivity index (χ2v) is 3.46. The number of ketones is 1. The fraction of sp³-hybridized carbons (Fsp3) is 0.222. The number of carbonyl (C=O) groups excluding carboxylic acids is 1. The van der Waals surface area contributed by atoms with E-state index in [1.165, 1.54) is 6.26 Å². The summed E-state index contributed by atoms with van der Waals surface area (Å²) in [6.07, 6.45) is 4.01. The molecule has 4 heteroatoms.